The number of aromatic nitrogens is 2. The van der Waals surface area contributed by atoms with Gasteiger partial charge in [0.15, 0.2) is 11.5 Å². The first-order chi connectivity index (χ1) is 15.1. The molecule has 1 atom stereocenters. The van der Waals surface area contributed by atoms with Gasteiger partial charge in [0.2, 0.25) is 5.91 Å². The van der Waals surface area contributed by atoms with Crippen LogP contribution in [0.3, 0.4) is 0 Å². The standard InChI is InChI=1S/C21H32N6O4S/c1-21(2,3)31-20(30)26-15(19(29)27-10-11-32-12-27)13-4-6-14(7-5-13)25-18(28)16-17(22)24-9-8-23-16/h8-9,13-15H,4-7,10-12H2,1-3H3,(H2,22,24)(H,25,28)(H,26,30)/t13?,14?,15-/m0/s1. The van der Waals surface area contributed by atoms with Gasteiger partial charge >= 0.3 is 6.09 Å². The Hall–Kier alpha value is -2.56. The summed E-state index contributed by atoms with van der Waals surface area (Å²) in [5.74, 6) is 1.17. The van der Waals surface area contributed by atoms with Crippen molar-refractivity contribution in [1.82, 2.24) is 25.5 Å². The molecule has 11 heteroatoms. The largest absolute Gasteiger partial charge is 0.444 e. The summed E-state index contributed by atoms with van der Waals surface area (Å²) in [4.78, 5) is 47.8. The highest BCUT2D eigenvalue weighted by atomic mass is 32.2. The number of ether oxygens (including phenoxy) is 1. The Morgan fingerprint density at radius 1 is 1.19 bits per heavy atom. The third-order valence-electron chi connectivity index (χ3n) is 5.52. The van der Waals surface area contributed by atoms with Crippen LogP contribution < -0.4 is 16.4 Å². The van der Waals surface area contributed by atoms with Gasteiger partial charge in [0, 0.05) is 30.7 Å². The molecule has 10 nitrogen and oxygen atoms in total. The number of nitrogens with one attached hydrogen (secondary N) is 2. The second-order valence-corrected chi connectivity index (χ2v) is 10.2. The summed E-state index contributed by atoms with van der Waals surface area (Å²) in [6.07, 6.45) is 5.03. The van der Waals surface area contributed by atoms with Crippen LogP contribution in [0.2, 0.25) is 0 Å². The quantitative estimate of drug-likeness (QED) is 0.599. The van der Waals surface area contributed by atoms with E-state index in [1.54, 1.807) is 37.4 Å². The normalized spacial score (nSPS) is 22.2. The zero-order chi connectivity index (χ0) is 23.3. The van der Waals surface area contributed by atoms with Crippen molar-refractivity contribution in [3.8, 4) is 0 Å². The van der Waals surface area contributed by atoms with Gasteiger partial charge in [0.1, 0.15) is 11.6 Å². The van der Waals surface area contributed by atoms with E-state index in [-0.39, 0.29) is 35.3 Å². The van der Waals surface area contributed by atoms with E-state index in [2.05, 4.69) is 20.6 Å². The van der Waals surface area contributed by atoms with Crippen molar-refractivity contribution in [2.45, 2.75) is 64.1 Å². The number of thioether (sulfide) groups is 1. The third-order valence-corrected chi connectivity index (χ3v) is 6.49. The minimum absolute atomic E-state index is 0.0321. The second kappa shape index (κ2) is 10.4. The molecule has 1 aromatic heterocycles. The Labute approximate surface area is 192 Å². The number of nitrogens with two attached hydrogens (primary N) is 1. The highest BCUT2D eigenvalue weighted by Gasteiger charge is 2.37. The van der Waals surface area contributed by atoms with Gasteiger partial charge in [0.05, 0.1) is 5.88 Å². The molecule has 1 aromatic rings. The molecule has 2 aliphatic rings. The molecule has 32 heavy (non-hydrogen) atoms. The maximum atomic E-state index is 13.2. The van der Waals surface area contributed by atoms with Gasteiger partial charge in [-0.05, 0) is 52.4 Å². The van der Waals surface area contributed by atoms with E-state index >= 15 is 0 Å². The van der Waals surface area contributed by atoms with Crippen LogP contribution in [0.4, 0.5) is 10.6 Å². The summed E-state index contributed by atoms with van der Waals surface area (Å²) in [5, 5.41) is 5.78. The van der Waals surface area contributed by atoms with E-state index < -0.39 is 17.7 Å². The monoisotopic (exact) mass is 464 g/mol. The van der Waals surface area contributed by atoms with Gasteiger partial charge in [-0.1, -0.05) is 0 Å². The van der Waals surface area contributed by atoms with E-state index in [0.717, 1.165) is 5.75 Å². The number of rotatable bonds is 5. The Bertz CT molecular complexity index is 832. The fraction of sp³-hybridized carbons (Fsp3) is 0.667. The van der Waals surface area contributed by atoms with Crippen LogP contribution in [-0.2, 0) is 9.53 Å². The molecule has 0 unspecified atom stereocenters. The topological polar surface area (TPSA) is 140 Å². The lowest BCUT2D eigenvalue weighted by Gasteiger charge is -2.35. The predicted molar refractivity (Wildman–Crippen MR) is 122 cm³/mol. The minimum Gasteiger partial charge on any atom is -0.444 e. The number of alkyl carbamates (subject to hydrolysis) is 1. The maximum Gasteiger partial charge on any atom is 0.408 e. The molecule has 2 heterocycles. The number of amides is 3. The lowest BCUT2D eigenvalue weighted by Crippen LogP contribution is -2.54. The second-order valence-electron chi connectivity index (χ2n) is 9.14. The van der Waals surface area contributed by atoms with Crippen LogP contribution in [0.25, 0.3) is 0 Å². The smallest absolute Gasteiger partial charge is 0.408 e. The first-order valence-corrected chi connectivity index (χ1v) is 12.0. The molecule has 1 saturated heterocycles. The molecular formula is C21H32N6O4S. The van der Waals surface area contributed by atoms with E-state index in [4.69, 9.17) is 10.5 Å². The summed E-state index contributed by atoms with van der Waals surface area (Å²) < 4.78 is 5.40. The van der Waals surface area contributed by atoms with Crippen LogP contribution in [0.15, 0.2) is 12.4 Å². The number of nitrogens with zero attached hydrogens (tertiary/aromatic N) is 3. The fourth-order valence-corrected chi connectivity index (χ4v) is 4.93. The summed E-state index contributed by atoms with van der Waals surface area (Å²) in [6.45, 7) is 6.05. The first-order valence-electron chi connectivity index (χ1n) is 10.9. The predicted octanol–water partition coefficient (Wildman–Crippen LogP) is 1.77. The number of carbonyl (C=O) groups excluding carboxylic acids is 3. The lowest BCUT2D eigenvalue weighted by atomic mass is 9.81. The van der Waals surface area contributed by atoms with Gasteiger partial charge in [-0.25, -0.2) is 14.8 Å². The molecule has 0 radical (unpaired) electrons. The number of nitrogen functional groups attached to an aromatic ring is 1. The third kappa shape index (κ3) is 6.47. The van der Waals surface area contributed by atoms with E-state index in [1.165, 1.54) is 12.4 Å². The lowest BCUT2D eigenvalue weighted by molar-refractivity contribution is -0.133. The molecular weight excluding hydrogens is 432 g/mol. The zero-order valence-corrected chi connectivity index (χ0v) is 19.6. The van der Waals surface area contributed by atoms with Crippen LogP contribution in [0, 0.1) is 5.92 Å². The molecule has 4 N–H and O–H groups in total. The number of hydrogen-bond donors (Lipinski definition) is 3. The van der Waals surface area contributed by atoms with E-state index in [9.17, 15) is 14.4 Å². The van der Waals surface area contributed by atoms with Crippen molar-refractivity contribution in [3.63, 3.8) is 0 Å². The molecule has 0 bridgehead atoms. The summed E-state index contributed by atoms with van der Waals surface area (Å²) >= 11 is 1.70. The van der Waals surface area contributed by atoms with Gasteiger partial charge in [-0.3, -0.25) is 9.59 Å². The van der Waals surface area contributed by atoms with Crippen molar-refractivity contribution in [2.75, 3.05) is 23.9 Å². The van der Waals surface area contributed by atoms with E-state index in [1.807, 2.05) is 0 Å². The number of carbonyl (C=O) groups is 3. The van der Waals surface area contributed by atoms with Crippen molar-refractivity contribution in [2.24, 2.45) is 5.92 Å². The van der Waals surface area contributed by atoms with Crippen molar-refractivity contribution < 1.29 is 19.1 Å². The average molecular weight is 465 g/mol. The zero-order valence-electron chi connectivity index (χ0n) is 18.8. The molecule has 3 amide bonds. The highest BCUT2D eigenvalue weighted by molar-refractivity contribution is 7.99. The van der Waals surface area contributed by atoms with Gasteiger partial charge in [0.25, 0.3) is 5.91 Å². The summed E-state index contributed by atoms with van der Waals surface area (Å²) in [7, 11) is 0. The molecule has 1 aliphatic carbocycles. The van der Waals surface area contributed by atoms with Crippen LogP contribution in [0.5, 0.6) is 0 Å². The van der Waals surface area contributed by atoms with Crippen molar-refractivity contribution in [3.05, 3.63) is 18.1 Å². The maximum absolute atomic E-state index is 13.2. The molecule has 2 fully saturated rings. The molecule has 1 saturated carbocycles. The van der Waals surface area contributed by atoms with E-state index in [0.29, 0.717) is 38.1 Å². The number of hydrogen-bond acceptors (Lipinski definition) is 8. The Morgan fingerprint density at radius 3 is 2.47 bits per heavy atom. The molecule has 0 spiro atoms. The highest BCUT2D eigenvalue weighted by Crippen LogP contribution is 2.29. The summed E-state index contributed by atoms with van der Waals surface area (Å²) in [6, 6.07) is -0.699. The van der Waals surface area contributed by atoms with Crippen molar-refractivity contribution in [1.29, 1.82) is 0 Å². The Balaban J connectivity index is 1.61. The molecule has 176 valence electrons. The molecule has 0 aromatic carbocycles. The van der Waals surface area contributed by atoms with Crippen LogP contribution in [-0.4, -0.2) is 68.6 Å². The Kier molecular flexibility index (Phi) is 7.81. The first kappa shape index (κ1) is 24.1. The van der Waals surface area contributed by atoms with Gasteiger partial charge in [-0.2, -0.15) is 0 Å². The van der Waals surface area contributed by atoms with Gasteiger partial charge < -0.3 is 26.0 Å². The molecule has 1 aliphatic heterocycles. The van der Waals surface area contributed by atoms with Crippen LogP contribution in [0.1, 0.15) is 56.9 Å². The number of anilines is 1. The minimum atomic E-state index is -0.648. The molecule has 3 rings (SSSR count). The van der Waals surface area contributed by atoms with Crippen molar-refractivity contribution >= 4 is 35.5 Å². The van der Waals surface area contributed by atoms with Crippen LogP contribution >= 0.6 is 11.8 Å². The summed E-state index contributed by atoms with van der Waals surface area (Å²) in [5.41, 5.74) is 5.21. The fourth-order valence-electron chi connectivity index (χ4n) is 3.97. The average Bonchev–Trinajstić information content (AvgIpc) is 3.26. The SMILES string of the molecule is CC(C)(C)OC(=O)N[C@H](C(=O)N1CCSC1)C1CCC(NC(=O)c2nccnc2N)CC1. The Morgan fingerprint density at radius 2 is 1.88 bits per heavy atom. The van der Waals surface area contributed by atoms with Gasteiger partial charge in [-0.15, -0.1) is 11.8 Å².